The number of rotatable bonds is 6. The Labute approximate surface area is 131 Å². The number of ether oxygens (including phenoxy) is 1. The fourth-order valence-corrected chi connectivity index (χ4v) is 3.59. The molecule has 3 nitrogen and oxygen atoms in total. The van der Waals surface area contributed by atoms with E-state index in [-0.39, 0.29) is 0 Å². The van der Waals surface area contributed by atoms with Crippen molar-refractivity contribution >= 4 is 22.6 Å². The van der Waals surface area contributed by atoms with Crippen LogP contribution in [0.4, 0.5) is 0 Å². The molecule has 2 aromatic rings. The first-order valence-corrected chi connectivity index (χ1v) is 8.44. The first-order chi connectivity index (χ1) is 10.3. The second kappa shape index (κ2) is 6.69. The van der Waals surface area contributed by atoms with E-state index in [1.54, 1.807) is 7.11 Å². The molecule has 1 aliphatic rings. The number of imidazole rings is 1. The van der Waals surface area contributed by atoms with E-state index in [1.165, 1.54) is 37.6 Å². The number of hydrogen-bond donors (Lipinski definition) is 0. The zero-order valence-electron chi connectivity index (χ0n) is 12.6. The van der Waals surface area contributed by atoms with Gasteiger partial charge in [-0.2, -0.15) is 0 Å². The van der Waals surface area contributed by atoms with E-state index in [2.05, 4.69) is 10.6 Å². The highest BCUT2D eigenvalue weighted by Crippen LogP contribution is 2.29. The molecule has 21 heavy (non-hydrogen) atoms. The highest BCUT2D eigenvalue weighted by atomic mass is 35.5. The molecule has 1 heterocycles. The molecule has 0 atom stereocenters. The molecule has 1 aliphatic carbocycles. The van der Waals surface area contributed by atoms with Crippen LogP contribution >= 0.6 is 11.6 Å². The molecule has 0 radical (unpaired) electrons. The van der Waals surface area contributed by atoms with Crippen molar-refractivity contribution in [1.29, 1.82) is 0 Å². The summed E-state index contributed by atoms with van der Waals surface area (Å²) in [5.41, 5.74) is 2.22. The van der Waals surface area contributed by atoms with Gasteiger partial charge in [-0.15, -0.1) is 11.6 Å². The van der Waals surface area contributed by atoms with Gasteiger partial charge in [0.1, 0.15) is 11.6 Å². The molecule has 1 saturated carbocycles. The number of aromatic nitrogens is 2. The molecule has 1 aromatic heterocycles. The summed E-state index contributed by atoms with van der Waals surface area (Å²) in [6.07, 6.45) is 7.68. The van der Waals surface area contributed by atoms with Gasteiger partial charge in [-0.1, -0.05) is 25.7 Å². The molecule has 0 unspecified atom stereocenters. The highest BCUT2D eigenvalue weighted by Gasteiger charge is 2.17. The molecule has 0 N–H and O–H groups in total. The van der Waals surface area contributed by atoms with Crippen molar-refractivity contribution in [3.63, 3.8) is 0 Å². The summed E-state index contributed by atoms with van der Waals surface area (Å²) in [6.45, 7) is 1.06. The van der Waals surface area contributed by atoms with E-state index in [1.807, 2.05) is 12.1 Å². The quantitative estimate of drug-likeness (QED) is 0.739. The number of benzene rings is 1. The van der Waals surface area contributed by atoms with E-state index in [4.69, 9.17) is 21.3 Å². The molecule has 3 rings (SSSR count). The summed E-state index contributed by atoms with van der Waals surface area (Å²) in [6, 6.07) is 6.15. The largest absolute Gasteiger partial charge is 0.497 e. The summed E-state index contributed by atoms with van der Waals surface area (Å²) < 4.78 is 7.65. The maximum Gasteiger partial charge on any atom is 0.121 e. The van der Waals surface area contributed by atoms with Gasteiger partial charge in [0.2, 0.25) is 0 Å². The molecular weight excluding hydrogens is 284 g/mol. The van der Waals surface area contributed by atoms with Crippen molar-refractivity contribution in [1.82, 2.24) is 9.55 Å². The monoisotopic (exact) mass is 306 g/mol. The number of alkyl halides is 1. The Bertz CT molecular complexity index is 602. The van der Waals surface area contributed by atoms with Crippen LogP contribution in [0.5, 0.6) is 5.75 Å². The zero-order valence-corrected chi connectivity index (χ0v) is 13.4. The van der Waals surface area contributed by atoms with Gasteiger partial charge >= 0.3 is 0 Å². The van der Waals surface area contributed by atoms with Gasteiger partial charge in [-0.05, 0) is 24.5 Å². The Balaban J connectivity index is 1.87. The average Bonchev–Trinajstić information content (AvgIpc) is 3.12. The number of fused-ring (bicyclic) bond motifs is 1. The number of aryl methyl sites for hydroxylation is 2. The molecule has 0 bridgehead atoms. The summed E-state index contributed by atoms with van der Waals surface area (Å²) in [7, 11) is 1.69. The van der Waals surface area contributed by atoms with Crippen LogP contribution in [0.3, 0.4) is 0 Å². The molecule has 4 heteroatoms. The number of methoxy groups -OCH3 is 1. The van der Waals surface area contributed by atoms with E-state index < -0.39 is 0 Å². The summed E-state index contributed by atoms with van der Waals surface area (Å²) in [4.78, 5) is 4.75. The van der Waals surface area contributed by atoms with Crippen molar-refractivity contribution in [3.8, 4) is 5.75 Å². The maximum atomic E-state index is 5.94. The number of hydrogen-bond acceptors (Lipinski definition) is 2. The van der Waals surface area contributed by atoms with E-state index in [0.29, 0.717) is 5.88 Å². The van der Waals surface area contributed by atoms with Gasteiger partial charge in [-0.25, -0.2) is 4.98 Å². The Hall–Kier alpha value is -1.22. The van der Waals surface area contributed by atoms with Crippen molar-refractivity contribution in [2.45, 2.75) is 45.1 Å². The molecule has 0 saturated heterocycles. The van der Waals surface area contributed by atoms with Crippen LogP contribution in [-0.2, 0) is 13.0 Å². The minimum atomic E-state index is 0.615. The van der Waals surface area contributed by atoms with Crippen LogP contribution in [0.15, 0.2) is 18.2 Å². The van der Waals surface area contributed by atoms with Gasteiger partial charge in [0.25, 0.3) is 0 Å². The first-order valence-electron chi connectivity index (χ1n) is 7.91. The molecule has 1 aromatic carbocycles. The normalized spacial score (nSPS) is 15.9. The molecular formula is C17H23ClN2O. The number of nitrogens with zero attached hydrogens (tertiary/aromatic N) is 2. The Morgan fingerprint density at radius 3 is 2.86 bits per heavy atom. The predicted octanol–water partition coefficient (Wildman–Crippen LogP) is 4.41. The van der Waals surface area contributed by atoms with Gasteiger partial charge in [0.05, 0.1) is 18.1 Å². The van der Waals surface area contributed by atoms with Crippen LogP contribution in [0.2, 0.25) is 0 Å². The Morgan fingerprint density at radius 1 is 1.33 bits per heavy atom. The highest BCUT2D eigenvalue weighted by molar-refractivity contribution is 6.17. The predicted molar refractivity (Wildman–Crippen MR) is 87.3 cm³/mol. The van der Waals surface area contributed by atoms with Crippen LogP contribution in [0.25, 0.3) is 11.0 Å². The van der Waals surface area contributed by atoms with Gasteiger partial charge in [0, 0.05) is 24.9 Å². The van der Waals surface area contributed by atoms with Crippen LogP contribution < -0.4 is 4.74 Å². The third-order valence-corrected chi connectivity index (χ3v) is 4.78. The molecule has 0 aliphatic heterocycles. The van der Waals surface area contributed by atoms with Gasteiger partial charge in [-0.3, -0.25) is 0 Å². The average molecular weight is 307 g/mol. The van der Waals surface area contributed by atoms with Gasteiger partial charge < -0.3 is 9.30 Å². The van der Waals surface area contributed by atoms with Crippen LogP contribution in [0, 0.1) is 5.92 Å². The first kappa shape index (κ1) is 14.7. The molecule has 1 fully saturated rings. The second-order valence-corrected chi connectivity index (χ2v) is 6.29. The minimum Gasteiger partial charge on any atom is -0.497 e. The topological polar surface area (TPSA) is 27.1 Å². The van der Waals surface area contributed by atoms with E-state index in [9.17, 15) is 0 Å². The molecule has 0 spiro atoms. The second-order valence-electron chi connectivity index (χ2n) is 5.91. The molecule has 114 valence electrons. The van der Waals surface area contributed by atoms with Crippen LogP contribution in [0.1, 0.15) is 37.9 Å². The zero-order chi connectivity index (χ0) is 14.7. The van der Waals surface area contributed by atoms with Crippen molar-refractivity contribution in [2.75, 3.05) is 13.0 Å². The summed E-state index contributed by atoms with van der Waals surface area (Å²) in [5, 5.41) is 0. The van der Waals surface area contributed by atoms with Crippen molar-refractivity contribution in [2.24, 2.45) is 5.92 Å². The third kappa shape index (κ3) is 3.18. The fraction of sp³-hybridized carbons (Fsp3) is 0.588. The van der Waals surface area contributed by atoms with Crippen molar-refractivity contribution < 1.29 is 4.74 Å². The summed E-state index contributed by atoms with van der Waals surface area (Å²) >= 11 is 5.94. The standard InChI is InChI=1S/C17H23ClN2O/c1-21-14-6-7-16-15(12-14)19-17(8-10-18)20(16)11-9-13-4-2-3-5-13/h6-7,12-13H,2-5,8-11H2,1H3. The lowest BCUT2D eigenvalue weighted by molar-refractivity contribution is 0.415. The Morgan fingerprint density at radius 2 is 2.14 bits per heavy atom. The van der Waals surface area contributed by atoms with E-state index >= 15 is 0 Å². The SMILES string of the molecule is COc1ccc2c(c1)nc(CCCl)n2CCC1CCCC1. The lowest BCUT2D eigenvalue weighted by Crippen LogP contribution is -2.08. The summed E-state index contributed by atoms with van der Waals surface area (Å²) in [5.74, 6) is 3.47. The third-order valence-electron chi connectivity index (χ3n) is 4.59. The smallest absolute Gasteiger partial charge is 0.121 e. The Kier molecular flexibility index (Phi) is 4.69. The van der Waals surface area contributed by atoms with Crippen LogP contribution in [-0.4, -0.2) is 22.5 Å². The lowest BCUT2D eigenvalue weighted by Gasteiger charge is -2.12. The maximum absolute atomic E-state index is 5.94. The van der Waals surface area contributed by atoms with Crippen molar-refractivity contribution in [3.05, 3.63) is 24.0 Å². The lowest BCUT2D eigenvalue weighted by atomic mass is 10.0. The minimum absolute atomic E-state index is 0.615. The van der Waals surface area contributed by atoms with Gasteiger partial charge in [0.15, 0.2) is 0 Å². The van der Waals surface area contributed by atoms with E-state index in [0.717, 1.165) is 36.0 Å². The molecule has 0 amide bonds. The fourth-order valence-electron chi connectivity index (χ4n) is 3.42. The number of halogens is 1.